The summed E-state index contributed by atoms with van der Waals surface area (Å²) in [7, 11) is -2.37. The molecule has 0 saturated carbocycles. The van der Waals surface area contributed by atoms with Gasteiger partial charge in [-0.25, -0.2) is 12.8 Å². The van der Waals surface area contributed by atoms with E-state index in [1.807, 2.05) is 6.07 Å². The molecule has 0 aliphatic carbocycles. The topological polar surface area (TPSA) is 70.1 Å². The van der Waals surface area contributed by atoms with Gasteiger partial charge >= 0.3 is 0 Å². The number of halogens is 2. The van der Waals surface area contributed by atoms with Gasteiger partial charge in [0.15, 0.2) is 11.5 Å². The Morgan fingerprint density at radius 2 is 1.71 bits per heavy atom. The maximum Gasteiger partial charge on any atom is 0.264 e. The Morgan fingerprint density at radius 1 is 1.06 bits per heavy atom. The zero-order valence-electron chi connectivity index (χ0n) is 18.7. The number of aromatic hydroxyl groups is 1. The van der Waals surface area contributed by atoms with Crippen LogP contribution in [0.1, 0.15) is 18.4 Å². The smallest absolute Gasteiger partial charge is 0.264 e. The summed E-state index contributed by atoms with van der Waals surface area (Å²) in [6.45, 7) is 2.02. The molecule has 3 aromatic carbocycles. The van der Waals surface area contributed by atoms with Gasteiger partial charge in [0.1, 0.15) is 5.82 Å². The van der Waals surface area contributed by atoms with E-state index in [1.54, 1.807) is 24.3 Å². The van der Waals surface area contributed by atoms with Gasteiger partial charge in [-0.1, -0.05) is 17.7 Å². The van der Waals surface area contributed by atoms with Crippen molar-refractivity contribution in [2.24, 2.45) is 0 Å². The predicted molar refractivity (Wildman–Crippen MR) is 130 cm³/mol. The first-order valence-corrected chi connectivity index (χ1v) is 12.7. The molecule has 9 heteroatoms. The summed E-state index contributed by atoms with van der Waals surface area (Å²) < 4.78 is 47.5. The minimum Gasteiger partial charge on any atom is -0.504 e. The summed E-state index contributed by atoms with van der Waals surface area (Å²) in [4.78, 5) is 2.37. The van der Waals surface area contributed by atoms with Crippen LogP contribution in [0.15, 0.2) is 71.6 Å². The van der Waals surface area contributed by atoms with Crippen molar-refractivity contribution in [3.63, 3.8) is 0 Å². The Hall–Kier alpha value is -2.81. The van der Waals surface area contributed by atoms with E-state index in [1.165, 1.54) is 47.8 Å². The molecule has 0 radical (unpaired) electrons. The van der Waals surface area contributed by atoms with Crippen molar-refractivity contribution in [1.82, 2.24) is 4.90 Å². The molecule has 0 unspecified atom stereocenters. The number of phenols is 1. The van der Waals surface area contributed by atoms with E-state index in [-0.39, 0.29) is 16.7 Å². The average Bonchev–Trinajstić information content (AvgIpc) is 2.83. The Kier molecular flexibility index (Phi) is 7.30. The van der Waals surface area contributed by atoms with Crippen molar-refractivity contribution in [1.29, 1.82) is 0 Å². The molecular formula is C25H26ClFN2O4S. The summed E-state index contributed by atoms with van der Waals surface area (Å²) in [5.41, 5.74) is 1.43. The van der Waals surface area contributed by atoms with Crippen LogP contribution >= 0.6 is 11.6 Å². The second kappa shape index (κ2) is 10.2. The maximum atomic E-state index is 13.6. The number of piperidine rings is 1. The molecule has 0 bridgehead atoms. The minimum absolute atomic E-state index is 0.0901. The van der Waals surface area contributed by atoms with E-state index >= 15 is 0 Å². The summed E-state index contributed by atoms with van der Waals surface area (Å²) in [6.07, 6.45) is 1.22. The largest absolute Gasteiger partial charge is 0.504 e. The van der Waals surface area contributed by atoms with E-state index in [9.17, 15) is 17.9 Å². The first-order chi connectivity index (χ1) is 16.3. The molecule has 3 aromatic rings. The molecule has 1 heterocycles. The van der Waals surface area contributed by atoms with Crippen molar-refractivity contribution < 1.29 is 22.7 Å². The second-order valence-electron chi connectivity index (χ2n) is 8.24. The SMILES string of the molecule is COc1cc(CN2CCC(N(c3ccc(F)cc3)S(=O)(=O)c3ccc(Cl)cc3)CC2)ccc1O. The van der Waals surface area contributed by atoms with Gasteiger partial charge in [-0.15, -0.1) is 0 Å². The molecule has 180 valence electrons. The van der Waals surface area contributed by atoms with Crippen molar-refractivity contribution in [3.05, 3.63) is 83.1 Å². The van der Waals surface area contributed by atoms with Crippen LogP contribution in [0.5, 0.6) is 11.5 Å². The van der Waals surface area contributed by atoms with Crippen molar-refractivity contribution in [3.8, 4) is 11.5 Å². The first-order valence-electron chi connectivity index (χ1n) is 10.9. The quantitative estimate of drug-likeness (QED) is 0.487. The van der Waals surface area contributed by atoms with E-state index in [2.05, 4.69) is 4.90 Å². The fraction of sp³-hybridized carbons (Fsp3) is 0.280. The normalized spacial score (nSPS) is 15.3. The fourth-order valence-corrected chi connectivity index (χ4v) is 6.08. The predicted octanol–water partition coefficient (Wildman–Crippen LogP) is 5.05. The molecule has 0 atom stereocenters. The number of likely N-dealkylation sites (tertiary alicyclic amines) is 1. The number of hydrogen-bond donors (Lipinski definition) is 1. The molecule has 1 aliphatic rings. The van der Waals surface area contributed by atoms with Crippen LogP contribution in [-0.2, 0) is 16.6 Å². The lowest BCUT2D eigenvalue weighted by atomic mass is 10.0. The second-order valence-corrected chi connectivity index (χ2v) is 10.5. The lowest BCUT2D eigenvalue weighted by molar-refractivity contribution is 0.206. The van der Waals surface area contributed by atoms with E-state index in [4.69, 9.17) is 16.3 Å². The highest BCUT2D eigenvalue weighted by Crippen LogP contribution is 2.32. The van der Waals surface area contributed by atoms with Crippen molar-refractivity contribution in [2.45, 2.75) is 30.3 Å². The standard InChI is InChI=1S/C25H26ClFN2O4S/c1-33-25-16-18(2-11-24(25)30)17-28-14-12-22(13-15-28)29(21-7-5-20(27)6-8-21)34(31,32)23-9-3-19(26)4-10-23/h2-11,16,22,30H,12-15,17H2,1H3. The maximum absolute atomic E-state index is 13.6. The third-order valence-electron chi connectivity index (χ3n) is 5.99. The third-order valence-corrected chi connectivity index (χ3v) is 8.14. The number of hydrogen-bond acceptors (Lipinski definition) is 5. The van der Waals surface area contributed by atoms with Crippen molar-refractivity contribution in [2.75, 3.05) is 24.5 Å². The lowest BCUT2D eigenvalue weighted by Crippen LogP contribution is -2.47. The summed E-state index contributed by atoms with van der Waals surface area (Å²) >= 11 is 5.96. The highest BCUT2D eigenvalue weighted by molar-refractivity contribution is 7.92. The Bertz CT molecular complexity index is 1230. The molecule has 34 heavy (non-hydrogen) atoms. The molecule has 0 spiro atoms. The monoisotopic (exact) mass is 504 g/mol. The lowest BCUT2D eigenvalue weighted by Gasteiger charge is -2.39. The molecule has 1 N–H and O–H groups in total. The Morgan fingerprint density at radius 3 is 2.32 bits per heavy atom. The molecule has 4 rings (SSSR count). The summed E-state index contributed by atoms with van der Waals surface area (Å²) in [6, 6.07) is 16.6. The van der Waals surface area contributed by atoms with Gasteiger partial charge in [0, 0.05) is 30.7 Å². The number of anilines is 1. The van der Waals surface area contributed by atoms with E-state index in [0.717, 1.165) is 5.56 Å². The molecule has 1 fully saturated rings. The highest BCUT2D eigenvalue weighted by Gasteiger charge is 2.34. The van der Waals surface area contributed by atoms with Gasteiger partial charge < -0.3 is 9.84 Å². The van der Waals surface area contributed by atoms with Crippen LogP contribution in [0.2, 0.25) is 5.02 Å². The molecule has 1 saturated heterocycles. The number of rotatable bonds is 7. The van der Waals surface area contributed by atoms with Crippen LogP contribution in [0.3, 0.4) is 0 Å². The molecule has 0 aromatic heterocycles. The third kappa shape index (κ3) is 5.29. The van der Waals surface area contributed by atoms with Gasteiger partial charge in [-0.05, 0) is 79.1 Å². The van der Waals surface area contributed by atoms with Gasteiger partial charge in [0.25, 0.3) is 10.0 Å². The molecule has 6 nitrogen and oxygen atoms in total. The number of nitrogens with zero attached hydrogens (tertiary/aromatic N) is 2. The van der Waals surface area contributed by atoms with Crippen molar-refractivity contribution >= 4 is 27.3 Å². The van der Waals surface area contributed by atoms with Crippen LogP contribution < -0.4 is 9.04 Å². The number of methoxy groups -OCH3 is 1. The van der Waals surface area contributed by atoms with Crippen LogP contribution in [0.4, 0.5) is 10.1 Å². The molecule has 0 amide bonds. The van der Waals surface area contributed by atoms with Crippen LogP contribution in [0.25, 0.3) is 0 Å². The van der Waals surface area contributed by atoms with Gasteiger partial charge in [0.2, 0.25) is 0 Å². The summed E-state index contributed by atoms with van der Waals surface area (Å²) in [5, 5.41) is 10.3. The number of benzene rings is 3. The number of phenolic OH excluding ortho intramolecular Hbond substituents is 1. The highest BCUT2D eigenvalue weighted by atomic mass is 35.5. The Labute approximate surface area is 204 Å². The van der Waals surface area contributed by atoms with Gasteiger partial charge in [-0.2, -0.15) is 0 Å². The van der Waals surface area contributed by atoms with Crippen LogP contribution in [-0.4, -0.2) is 44.7 Å². The molecule has 1 aliphatic heterocycles. The van der Waals surface area contributed by atoms with Gasteiger partial charge in [0.05, 0.1) is 17.7 Å². The first kappa shape index (κ1) is 24.3. The van der Waals surface area contributed by atoms with E-state index in [0.29, 0.717) is 48.9 Å². The minimum atomic E-state index is -3.88. The van der Waals surface area contributed by atoms with Crippen LogP contribution in [0, 0.1) is 5.82 Å². The Balaban J connectivity index is 1.55. The van der Waals surface area contributed by atoms with E-state index < -0.39 is 15.8 Å². The summed E-state index contributed by atoms with van der Waals surface area (Å²) in [5.74, 6) is 0.0861. The zero-order valence-corrected chi connectivity index (χ0v) is 20.3. The molecular weight excluding hydrogens is 479 g/mol. The average molecular weight is 505 g/mol. The zero-order chi connectivity index (χ0) is 24.3. The number of ether oxygens (including phenoxy) is 1. The number of sulfonamides is 1. The van der Waals surface area contributed by atoms with Gasteiger partial charge in [-0.3, -0.25) is 9.21 Å². The fourth-order valence-electron chi connectivity index (χ4n) is 4.24.